The van der Waals surface area contributed by atoms with Crippen molar-refractivity contribution in [3.05, 3.63) is 58.6 Å². The molecule has 5 heteroatoms. The van der Waals surface area contributed by atoms with Crippen LogP contribution < -0.4 is 4.74 Å². The van der Waals surface area contributed by atoms with Gasteiger partial charge in [-0.05, 0) is 54.8 Å². The number of halogens is 1. The van der Waals surface area contributed by atoms with E-state index >= 15 is 0 Å². The van der Waals surface area contributed by atoms with E-state index in [1.54, 1.807) is 11.8 Å². The maximum Gasteiger partial charge on any atom is 0.164 e. The second-order valence-electron chi connectivity index (χ2n) is 6.87. The van der Waals surface area contributed by atoms with Crippen molar-refractivity contribution in [3.63, 3.8) is 0 Å². The molecule has 0 saturated carbocycles. The molecule has 2 aromatic rings. The summed E-state index contributed by atoms with van der Waals surface area (Å²) in [6.07, 6.45) is 1.69. The van der Waals surface area contributed by atoms with Crippen molar-refractivity contribution in [2.24, 2.45) is 0 Å². The fraction of sp³-hybridized carbons (Fsp3) is 0.381. The van der Waals surface area contributed by atoms with Gasteiger partial charge in [0.05, 0.1) is 11.5 Å². The molecule has 0 aliphatic carbocycles. The summed E-state index contributed by atoms with van der Waals surface area (Å²) in [5.74, 6) is 2.58. The molecule has 1 fully saturated rings. The first-order valence-corrected chi connectivity index (χ1v) is 10.5. The SMILES string of the molecule is O=C(CCN1CCC(c2cccc(Cl)c2)C1)c1ccc2c(c1)SCCO2. The first-order valence-electron chi connectivity index (χ1n) is 9.10. The van der Waals surface area contributed by atoms with Crippen LogP contribution in [0.25, 0.3) is 0 Å². The summed E-state index contributed by atoms with van der Waals surface area (Å²) in [6, 6.07) is 14.0. The van der Waals surface area contributed by atoms with Crippen LogP contribution in [0.5, 0.6) is 5.75 Å². The number of hydrogen-bond donors (Lipinski definition) is 0. The molecule has 1 unspecified atom stereocenters. The Labute approximate surface area is 163 Å². The standard InChI is InChI=1S/C21H22ClNO2S/c22-18-3-1-2-15(12-18)17-6-8-23(14-17)9-7-19(24)16-4-5-20-21(13-16)26-11-10-25-20/h1-5,12-13,17H,6-11,14H2. The Hall–Kier alpha value is -1.49. The molecule has 1 saturated heterocycles. The van der Waals surface area contributed by atoms with Gasteiger partial charge in [0.2, 0.25) is 0 Å². The number of rotatable bonds is 5. The number of thioether (sulfide) groups is 1. The molecular weight excluding hydrogens is 366 g/mol. The van der Waals surface area contributed by atoms with Gasteiger partial charge >= 0.3 is 0 Å². The minimum Gasteiger partial charge on any atom is -0.492 e. The fourth-order valence-electron chi connectivity index (χ4n) is 3.69. The highest BCUT2D eigenvalue weighted by atomic mass is 35.5. The summed E-state index contributed by atoms with van der Waals surface area (Å²) >= 11 is 7.88. The van der Waals surface area contributed by atoms with Crippen LogP contribution in [0.4, 0.5) is 0 Å². The number of carbonyl (C=O) groups is 1. The number of benzene rings is 2. The van der Waals surface area contributed by atoms with E-state index < -0.39 is 0 Å². The molecule has 2 heterocycles. The zero-order valence-electron chi connectivity index (χ0n) is 14.6. The Balaban J connectivity index is 1.32. The van der Waals surface area contributed by atoms with Gasteiger partial charge in [-0.2, -0.15) is 0 Å². The third kappa shape index (κ3) is 4.08. The fourth-order valence-corrected chi connectivity index (χ4v) is 4.75. The highest BCUT2D eigenvalue weighted by Crippen LogP contribution is 2.34. The van der Waals surface area contributed by atoms with E-state index in [2.05, 4.69) is 17.0 Å². The van der Waals surface area contributed by atoms with Gasteiger partial charge < -0.3 is 9.64 Å². The van der Waals surface area contributed by atoms with E-state index in [0.29, 0.717) is 12.3 Å². The Kier molecular flexibility index (Phi) is 5.53. The first kappa shape index (κ1) is 17.9. The predicted octanol–water partition coefficient (Wildman–Crippen LogP) is 4.89. The minimum absolute atomic E-state index is 0.213. The quantitative estimate of drug-likeness (QED) is 0.683. The van der Waals surface area contributed by atoms with Crippen LogP contribution in [0.1, 0.15) is 34.7 Å². The monoisotopic (exact) mass is 387 g/mol. The molecule has 2 aliphatic rings. The van der Waals surface area contributed by atoms with Gasteiger partial charge in [-0.1, -0.05) is 23.7 Å². The molecule has 136 valence electrons. The molecule has 2 aliphatic heterocycles. The van der Waals surface area contributed by atoms with E-state index in [-0.39, 0.29) is 5.78 Å². The van der Waals surface area contributed by atoms with Gasteiger partial charge in [-0.15, -0.1) is 11.8 Å². The van der Waals surface area contributed by atoms with Gasteiger partial charge in [0, 0.05) is 35.8 Å². The molecule has 0 aromatic heterocycles. The number of Topliss-reactive ketones (excluding diaryl/α,β-unsaturated/α-hetero) is 1. The van der Waals surface area contributed by atoms with Crippen molar-refractivity contribution >= 4 is 29.1 Å². The topological polar surface area (TPSA) is 29.5 Å². The highest BCUT2D eigenvalue weighted by Gasteiger charge is 2.24. The van der Waals surface area contributed by atoms with Crippen LogP contribution in [0, 0.1) is 0 Å². The summed E-state index contributed by atoms with van der Waals surface area (Å²) in [5, 5.41) is 0.797. The van der Waals surface area contributed by atoms with Gasteiger partial charge in [-0.3, -0.25) is 4.79 Å². The van der Waals surface area contributed by atoms with Gasteiger partial charge in [0.15, 0.2) is 5.78 Å². The van der Waals surface area contributed by atoms with E-state index in [0.717, 1.165) is 59.6 Å². The van der Waals surface area contributed by atoms with Crippen LogP contribution in [0.2, 0.25) is 5.02 Å². The number of hydrogen-bond acceptors (Lipinski definition) is 4. The molecule has 3 nitrogen and oxygen atoms in total. The summed E-state index contributed by atoms with van der Waals surface area (Å²) in [6.45, 7) is 3.60. The highest BCUT2D eigenvalue weighted by molar-refractivity contribution is 7.99. The van der Waals surface area contributed by atoms with E-state index in [1.165, 1.54) is 5.56 Å². The zero-order valence-corrected chi connectivity index (χ0v) is 16.2. The van der Waals surface area contributed by atoms with Crippen molar-refractivity contribution in [2.45, 2.75) is 23.7 Å². The lowest BCUT2D eigenvalue weighted by Crippen LogP contribution is -2.23. The van der Waals surface area contributed by atoms with Crippen molar-refractivity contribution in [1.29, 1.82) is 0 Å². The maximum atomic E-state index is 12.6. The number of fused-ring (bicyclic) bond motifs is 1. The zero-order chi connectivity index (χ0) is 17.9. The lowest BCUT2D eigenvalue weighted by molar-refractivity contribution is 0.0968. The number of carbonyl (C=O) groups excluding carboxylic acids is 1. The molecule has 0 radical (unpaired) electrons. The Morgan fingerprint density at radius 3 is 3.08 bits per heavy atom. The number of likely N-dealkylation sites (tertiary alicyclic amines) is 1. The second kappa shape index (κ2) is 8.03. The Bertz CT molecular complexity index is 810. The molecular formula is C21H22ClNO2S. The van der Waals surface area contributed by atoms with Crippen molar-refractivity contribution in [1.82, 2.24) is 4.90 Å². The van der Waals surface area contributed by atoms with Crippen molar-refractivity contribution < 1.29 is 9.53 Å². The molecule has 1 atom stereocenters. The normalized spacial score (nSPS) is 19.8. The summed E-state index contributed by atoms with van der Waals surface area (Å²) in [7, 11) is 0. The van der Waals surface area contributed by atoms with Crippen molar-refractivity contribution in [2.75, 3.05) is 32.0 Å². The lowest BCUT2D eigenvalue weighted by Gasteiger charge is -2.18. The average molecular weight is 388 g/mol. The lowest BCUT2D eigenvalue weighted by atomic mass is 9.99. The van der Waals surface area contributed by atoms with Crippen LogP contribution in [-0.2, 0) is 0 Å². The molecule has 0 spiro atoms. The largest absolute Gasteiger partial charge is 0.492 e. The Morgan fingerprint density at radius 2 is 2.19 bits per heavy atom. The minimum atomic E-state index is 0.213. The smallest absolute Gasteiger partial charge is 0.164 e. The second-order valence-corrected chi connectivity index (χ2v) is 8.45. The molecule has 4 rings (SSSR count). The van der Waals surface area contributed by atoms with E-state index in [4.69, 9.17) is 16.3 Å². The Morgan fingerprint density at radius 1 is 1.27 bits per heavy atom. The van der Waals surface area contributed by atoms with Crippen LogP contribution in [0.15, 0.2) is 47.4 Å². The van der Waals surface area contributed by atoms with Crippen LogP contribution in [-0.4, -0.2) is 42.7 Å². The van der Waals surface area contributed by atoms with Crippen LogP contribution >= 0.6 is 23.4 Å². The van der Waals surface area contributed by atoms with Gasteiger partial charge in [-0.25, -0.2) is 0 Å². The molecule has 2 aromatic carbocycles. The number of ether oxygens (including phenoxy) is 1. The molecule has 0 bridgehead atoms. The molecule has 26 heavy (non-hydrogen) atoms. The van der Waals surface area contributed by atoms with Crippen LogP contribution in [0.3, 0.4) is 0 Å². The average Bonchev–Trinajstić information content (AvgIpc) is 3.15. The molecule has 0 amide bonds. The summed E-state index contributed by atoms with van der Waals surface area (Å²) in [4.78, 5) is 16.1. The predicted molar refractivity (Wildman–Crippen MR) is 107 cm³/mol. The van der Waals surface area contributed by atoms with E-state index in [9.17, 15) is 4.79 Å². The molecule has 0 N–H and O–H groups in total. The number of nitrogens with zero attached hydrogens (tertiary/aromatic N) is 1. The summed E-state index contributed by atoms with van der Waals surface area (Å²) < 4.78 is 5.61. The third-order valence-electron chi connectivity index (χ3n) is 5.11. The summed E-state index contributed by atoms with van der Waals surface area (Å²) in [5.41, 5.74) is 2.10. The maximum absolute atomic E-state index is 12.6. The number of ketones is 1. The van der Waals surface area contributed by atoms with E-state index in [1.807, 2.05) is 30.3 Å². The van der Waals surface area contributed by atoms with Gasteiger partial charge in [0.25, 0.3) is 0 Å². The van der Waals surface area contributed by atoms with Gasteiger partial charge in [0.1, 0.15) is 5.75 Å². The van der Waals surface area contributed by atoms with Crippen molar-refractivity contribution in [3.8, 4) is 5.75 Å². The first-order chi connectivity index (χ1) is 12.7. The third-order valence-corrected chi connectivity index (χ3v) is 6.35.